The number of hydrogen-bond donors (Lipinski definition) is 2. The Morgan fingerprint density at radius 2 is 1.88 bits per heavy atom. The molecule has 3 fully saturated rings. The van der Waals surface area contributed by atoms with Crippen molar-refractivity contribution in [3.8, 4) is 0 Å². The second-order valence-corrected chi connectivity index (χ2v) is 6.33. The Balaban J connectivity index is 1.47. The zero-order chi connectivity index (χ0) is 11.8. The molecule has 1 saturated heterocycles. The molecule has 1 aliphatic heterocycles. The summed E-state index contributed by atoms with van der Waals surface area (Å²) < 4.78 is 0. The molecule has 0 radical (unpaired) electrons. The lowest BCUT2D eigenvalue weighted by Gasteiger charge is -2.19. The third-order valence-electron chi connectivity index (χ3n) is 4.82. The maximum Gasteiger partial charge on any atom is 0.224 e. The minimum atomic E-state index is 0.203. The van der Waals surface area contributed by atoms with Gasteiger partial charge in [0.15, 0.2) is 0 Å². The molecule has 3 rings (SSSR count). The molecule has 0 aromatic heterocycles. The van der Waals surface area contributed by atoms with Crippen LogP contribution < -0.4 is 10.6 Å². The van der Waals surface area contributed by atoms with Crippen LogP contribution >= 0.6 is 0 Å². The van der Waals surface area contributed by atoms with Gasteiger partial charge in [-0.05, 0) is 55.9 Å². The van der Waals surface area contributed by atoms with Gasteiger partial charge in [0, 0.05) is 13.1 Å². The summed E-state index contributed by atoms with van der Waals surface area (Å²) in [5.74, 6) is 3.64. The molecule has 2 N–H and O–H groups in total. The molecular formula is C14H24N2O. The lowest BCUT2D eigenvalue weighted by molar-refractivity contribution is -0.125. The molecule has 2 aliphatic carbocycles. The van der Waals surface area contributed by atoms with Crippen LogP contribution in [0.2, 0.25) is 0 Å². The van der Waals surface area contributed by atoms with E-state index in [4.69, 9.17) is 0 Å². The summed E-state index contributed by atoms with van der Waals surface area (Å²) in [6, 6.07) is 0. The minimum Gasteiger partial charge on any atom is -0.356 e. The Hall–Kier alpha value is -0.570. The first kappa shape index (κ1) is 11.5. The molecule has 3 aliphatic rings. The van der Waals surface area contributed by atoms with Crippen LogP contribution in [0.1, 0.15) is 32.6 Å². The number of hydrogen-bond acceptors (Lipinski definition) is 2. The van der Waals surface area contributed by atoms with E-state index in [-0.39, 0.29) is 11.8 Å². The van der Waals surface area contributed by atoms with E-state index < -0.39 is 0 Å². The normalized spacial score (nSPS) is 33.1. The molecule has 1 amide bonds. The Bertz CT molecular complexity index is 285. The largest absolute Gasteiger partial charge is 0.356 e. The minimum absolute atomic E-state index is 0.203. The smallest absolute Gasteiger partial charge is 0.224 e. The van der Waals surface area contributed by atoms with Crippen molar-refractivity contribution < 1.29 is 4.79 Å². The van der Waals surface area contributed by atoms with Gasteiger partial charge < -0.3 is 10.6 Å². The molecule has 2 unspecified atom stereocenters. The van der Waals surface area contributed by atoms with Crippen LogP contribution in [0.5, 0.6) is 0 Å². The Morgan fingerprint density at radius 3 is 2.35 bits per heavy atom. The topological polar surface area (TPSA) is 41.1 Å². The second kappa shape index (κ2) is 4.60. The SMILES string of the molecule is CC1CNCC1C(=O)NCC(C1CC1)C1CC1. The van der Waals surface area contributed by atoms with E-state index in [1.54, 1.807) is 0 Å². The fraction of sp³-hybridized carbons (Fsp3) is 0.929. The highest BCUT2D eigenvalue weighted by molar-refractivity contribution is 5.79. The summed E-state index contributed by atoms with van der Waals surface area (Å²) in [6.07, 6.45) is 5.60. The first-order chi connectivity index (χ1) is 8.25. The zero-order valence-electron chi connectivity index (χ0n) is 10.7. The fourth-order valence-corrected chi connectivity index (χ4v) is 3.28. The first-order valence-electron chi connectivity index (χ1n) is 7.24. The van der Waals surface area contributed by atoms with Gasteiger partial charge in [-0.2, -0.15) is 0 Å². The van der Waals surface area contributed by atoms with Gasteiger partial charge in [0.2, 0.25) is 5.91 Å². The number of amides is 1. The summed E-state index contributed by atoms with van der Waals surface area (Å²) in [7, 11) is 0. The Labute approximate surface area is 104 Å². The van der Waals surface area contributed by atoms with Crippen LogP contribution in [-0.4, -0.2) is 25.5 Å². The molecule has 0 bridgehead atoms. The molecule has 3 heteroatoms. The highest BCUT2D eigenvalue weighted by Crippen LogP contribution is 2.48. The summed E-state index contributed by atoms with van der Waals surface area (Å²) in [5.41, 5.74) is 0. The molecule has 96 valence electrons. The summed E-state index contributed by atoms with van der Waals surface area (Å²) in [6.45, 7) is 4.97. The van der Waals surface area contributed by atoms with Gasteiger partial charge in [0.1, 0.15) is 0 Å². The van der Waals surface area contributed by atoms with Gasteiger partial charge in [-0.1, -0.05) is 6.92 Å². The molecule has 0 aromatic rings. The molecule has 2 atom stereocenters. The van der Waals surface area contributed by atoms with E-state index in [9.17, 15) is 4.79 Å². The van der Waals surface area contributed by atoms with Crippen molar-refractivity contribution in [1.82, 2.24) is 10.6 Å². The highest BCUT2D eigenvalue weighted by Gasteiger charge is 2.41. The lowest BCUT2D eigenvalue weighted by Crippen LogP contribution is -2.38. The summed E-state index contributed by atoms with van der Waals surface area (Å²) in [4.78, 5) is 12.1. The highest BCUT2D eigenvalue weighted by atomic mass is 16.1. The van der Waals surface area contributed by atoms with Crippen LogP contribution in [0, 0.1) is 29.6 Å². The van der Waals surface area contributed by atoms with Crippen molar-refractivity contribution >= 4 is 5.91 Å². The van der Waals surface area contributed by atoms with Gasteiger partial charge in [-0.3, -0.25) is 4.79 Å². The molecule has 0 aromatic carbocycles. The molecule has 17 heavy (non-hydrogen) atoms. The quantitative estimate of drug-likeness (QED) is 0.757. The van der Waals surface area contributed by atoms with E-state index in [0.29, 0.717) is 5.92 Å². The number of carbonyl (C=O) groups excluding carboxylic acids is 1. The second-order valence-electron chi connectivity index (χ2n) is 6.33. The number of rotatable bonds is 5. The average Bonchev–Trinajstić information content (AvgIpc) is 3.20. The first-order valence-corrected chi connectivity index (χ1v) is 7.24. The van der Waals surface area contributed by atoms with E-state index in [2.05, 4.69) is 17.6 Å². The number of nitrogens with one attached hydrogen (secondary N) is 2. The maximum atomic E-state index is 12.1. The third-order valence-corrected chi connectivity index (χ3v) is 4.82. The van der Waals surface area contributed by atoms with E-state index in [1.165, 1.54) is 25.7 Å². The monoisotopic (exact) mass is 236 g/mol. The van der Waals surface area contributed by atoms with Gasteiger partial charge >= 0.3 is 0 Å². The fourth-order valence-electron chi connectivity index (χ4n) is 3.28. The zero-order valence-corrected chi connectivity index (χ0v) is 10.7. The van der Waals surface area contributed by atoms with Crippen molar-refractivity contribution in [2.75, 3.05) is 19.6 Å². The average molecular weight is 236 g/mol. The summed E-state index contributed by atoms with van der Waals surface area (Å²) in [5, 5.41) is 6.52. The Kier molecular flexibility index (Phi) is 3.12. The van der Waals surface area contributed by atoms with E-state index in [1.807, 2.05) is 0 Å². The maximum absolute atomic E-state index is 12.1. The summed E-state index contributed by atoms with van der Waals surface area (Å²) >= 11 is 0. The van der Waals surface area contributed by atoms with E-state index >= 15 is 0 Å². The van der Waals surface area contributed by atoms with Crippen LogP contribution in [-0.2, 0) is 4.79 Å². The molecule has 1 heterocycles. The van der Waals surface area contributed by atoms with Gasteiger partial charge in [0.05, 0.1) is 5.92 Å². The lowest BCUT2D eigenvalue weighted by atomic mass is 9.95. The predicted octanol–water partition coefficient (Wildman–Crippen LogP) is 1.39. The van der Waals surface area contributed by atoms with Crippen molar-refractivity contribution in [2.45, 2.75) is 32.6 Å². The van der Waals surface area contributed by atoms with Crippen molar-refractivity contribution in [3.05, 3.63) is 0 Å². The predicted molar refractivity (Wildman–Crippen MR) is 67.5 cm³/mol. The van der Waals surface area contributed by atoms with E-state index in [0.717, 1.165) is 37.4 Å². The van der Waals surface area contributed by atoms with Crippen LogP contribution in [0.4, 0.5) is 0 Å². The van der Waals surface area contributed by atoms with Crippen molar-refractivity contribution in [3.63, 3.8) is 0 Å². The van der Waals surface area contributed by atoms with Crippen LogP contribution in [0.25, 0.3) is 0 Å². The van der Waals surface area contributed by atoms with Crippen molar-refractivity contribution in [1.29, 1.82) is 0 Å². The van der Waals surface area contributed by atoms with Gasteiger partial charge in [0.25, 0.3) is 0 Å². The molecular weight excluding hydrogens is 212 g/mol. The third kappa shape index (κ3) is 2.65. The molecule has 0 spiro atoms. The van der Waals surface area contributed by atoms with Gasteiger partial charge in [-0.25, -0.2) is 0 Å². The van der Waals surface area contributed by atoms with Crippen molar-refractivity contribution in [2.24, 2.45) is 29.6 Å². The van der Waals surface area contributed by atoms with Gasteiger partial charge in [-0.15, -0.1) is 0 Å². The standard InChI is InChI=1S/C14H24N2O/c1-9-6-15-7-12(9)14(17)16-8-13(10-2-3-10)11-4-5-11/h9-13,15H,2-8H2,1H3,(H,16,17). The molecule has 2 saturated carbocycles. The number of carbonyl (C=O) groups is 1. The Morgan fingerprint density at radius 1 is 1.24 bits per heavy atom. The van der Waals surface area contributed by atoms with Crippen LogP contribution in [0.3, 0.4) is 0 Å². The van der Waals surface area contributed by atoms with Crippen LogP contribution in [0.15, 0.2) is 0 Å². The molecule has 3 nitrogen and oxygen atoms in total.